The van der Waals surface area contributed by atoms with Gasteiger partial charge in [-0.05, 0) is 53.6 Å². The minimum atomic E-state index is 0.167. The van der Waals surface area contributed by atoms with Gasteiger partial charge in [-0.2, -0.15) is 0 Å². The number of aryl methyl sites for hydroxylation is 1. The van der Waals surface area contributed by atoms with Gasteiger partial charge in [0.25, 0.3) is 0 Å². The third-order valence-corrected chi connectivity index (χ3v) is 2.64. The van der Waals surface area contributed by atoms with Crippen LogP contribution in [0, 0.1) is 3.57 Å². The number of halogens is 1. The summed E-state index contributed by atoms with van der Waals surface area (Å²) in [6.45, 7) is 3.76. The summed E-state index contributed by atoms with van der Waals surface area (Å²) in [5, 5.41) is 0. The summed E-state index contributed by atoms with van der Waals surface area (Å²) in [5.41, 5.74) is 2.06. The van der Waals surface area contributed by atoms with Crippen LogP contribution in [0.25, 0.3) is 0 Å². The van der Waals surface area contributed by atoms with Crippen LogP contribution in [0.2, 0.25) is 0 Å². The first-order valence-corrected chi connectivity index (χ1v) is 5.52. The topological polar surface area (TPSA) is 17.1 Å². The number of Topliss-reactive ketones (excluding diaryl/α,β-unsaturated/α-hetero) is 1. The molecule has 70 valence electrons. The van der Waals surface area contributed by atoms with Crippen LogP contribution in [-0.4, -0.2) is 5.78 Å². The van der Waals surface area contributed by atoms with E-state index in [1.54, 1.807) is 6.92 Å². The summed E-state index contributed by atoms with van der Waals surface area (Å²) in [4.78, 5) is 11.2. The van der Waals surface area contributed by atoms with E-state index in [9.17, 15) is 4.79 Å². The fraction of sp³-hybridized carbons (Fsp3) is 0.364. The molecule has 2 heteroatoms. The normalized spacial score (nSPS) is 10.1. The van der Waals surface area contributed by atoms with Crippen molar-refractivity contribution in [1.29, 1.82) is 0 Å². The van der Waals surface area contributed by atoms with Crippen molar-refractivity contribution in [3.05, 3.63) is 32.9 Å². The maximum Gasteiger partial charge on any atom is 0.160 e. The van der Waals surface area contributed by atoms with Gasteiger partial charge in [-0.15, -0.1) is 0 Å². The molecule has 0 fully saturated rings. The number of ketones is 1. The molecule has 0 bridgehead atoms. The number of carbonyl (C=O) groups excluding carboxylic acids is 1. The van der Waals surface area contributed by atoms with Crippen LogP contribution in [-0.2, 0) is 6.42 Å². The zero-order valence-electron chi connectivity index (χ0n) is 7.93. The molecular formula is C11H13IO. The van der Waals surface area contributed by atoms with Crippen LogP contribution in [0.5, 0.6) is 0 Å². The Bertz CT molecular complexity index is 318. The lowest BCUT2D eigenvalue weighted by atomic mass is 10.0. The first-order valence-electron chi connectivity index (χ1n) is 4.44. The molecule has 0 aromatic heterocycles. The van der Waals surface area contributed by atoms with Gasteiger partial charge in [0, 0.05) is 9.13 Å². The van der Waals surface area contributed by atoms with Gasteiger partial charge in [0.15, 0.2) is 5.78 Å². The summed E-state index contributed by atoms with van der Waals surface area (Å²) >= 11 is 2.27. The molecule has 0 heterocycles. The minimum absolute atomic E-state index is 0.167. The first-order chi connectivity index (χ1) is 6.15. The van der Waals surface area contributed by atoms with Crippen LogP contribution >= 0.6 is 22.6 Å². The SMILES string of the molecule is CCCc1cc(I)ccc1C(C)=O. The van der Waals surface area contributed by atoms with Crippen molar-refractivity contribution in [2.75, 3.05) is 0 Å². The van der Waals surface area contributed by atoms with Crippen molar-refractivity contribution in [3.8, 4) is 0 Å². The standard InChI is InChI=1S/C11H13IO/c1-3-4-9-7-10(12)5-6-11(9)8(2)13/h5-7H,3-4H2,1-2H3. The van der Waals surface area contributed by atoms with Crippen LogP contribution in [0.15, 0.2) is 18.2 Å². The fourth-order valence-electron chi connectivity index (χ4n) is 1.38. The molecule has 0 unspecified atom stereocenters. The number of hydrogen-bond acceptors (Lipinski definition) is 1. The summed E-state index contributed by atoms with van der Waals surface area (Å²) in [7, 11) is 0. The van der Waals surface area contributed by atoms with E-state index in [-0.39, 0.29) is 5.78 Å². The quantitative estimate of drug-likeness (QED) is 0.615. The molecule has 0 saturated carbocycles. The monoisotopic (exact) mass is 288 g/mol. The Morgan fingerprint density at radius 3 is 2.69 bits per heavy atom. The third-order valence-electron chi connectivity index (χ3n) is 1.97. The van der Waals surface area contributed by atoms with Crippen LogP contribution in [0.3, 0.4) is 0 Å². The molecule has 0 radical (unpaired) electrons. The van der Waals surface area contributed by atoms with E-state index in [1.165, 1.54) is 9.13 Å². The van der Waals surface area contributed by atoms with Gasteiger partial charge < -0.3 is 0 Å². The third kappa shape index (κ3) is 2.79. The van der Waals surface area contributed by atoms with Crippen molar-refractivity contribution >= 4 is 28.4 Å². The summed E-state index contributed by atoms with van der Waals surface area (Å²) in [5.74, 6) is 0.167. The molecular weight excluding hydrogens is 275 g/mol. The van der Waals surface area contributed by atoms with Crippen LogP contribution < -0.4 is 0 Å². The van der Waals surface area contributed by atoms with Crippen molar-refractivity contribution < 1.29 is 4.79 Å². The average Bonchev–Trinajstić information content (AvgIpc) is 2.04. The van der Waals surface area contributed by atoms with E-state index in [2.05, 4.69) is 35.6 Å². The van der Waals surface area contributed by atoms with Gasteiger partial charge in [-0.1, -0.05) is 19.4 Å². The first kappa shape index (κ1) is 10.7. The Morgan fingerprint density at radius 1 is 1.46 bits per heavy atom. The van der Waals surface area contributed by atoms with Gasteiger partial charge in [0.05, 0.1) is 0 Å². The molecule has 1 aromatic carbocycles. The van der Waals surface area contributed by atoms with Crippen molar-refractivity contribution in [3.63, 3.8) is 0 Å². The van der Waals surface area contributed by atoms with E-state index in [0.717, 1.165) is 18.4 Å². The van der Waals surface area contributed by atoms with Gasteiger partial charge in [0.1, 0.15) is 0 Å². The molecule has 0 spiro atoms. The van der Waals surface area contributed by atoms with Gasteiger partial charge in [0.2, 0.25) is 0 Å². The molecule has 1 nitrogen and oxygen atoms in total. The number of benzene rings is 1. The van der Waals surface area contributed by atoms with Crippen LogP contribution in [0.1, 0.15) is 36.2 Å². The Morgan fingerprint density at radius 2 is 2.15 bits per heavy atom. The molecule has 0 amide bonds. The largest absolute Gasteiger partial charge is 0.295 e. The Balaban J connectivity index is 3.10. The summed E-state index contributed by atoms with van der Waals surface area (Å²) in [6, 6.07) is 6.01. The minimum Gasteiger partial charge on any atom is -0.295 e. The fourth-order valence-corrected chi connectivity index (χ4v) is 1.94. The van der Waals surface area contributed by atoms with Crippen molar-refractivity contribution in [2.24, 2.45) is 0 Å². The Kier molecular flexibility index (Phi) is 3.90. The van der Waals surface area contributed by atoms with Crippen molar-refractivity contribution in [1.82, 2.24) is 0 Å². The molecule has 0 aliphatic heterocycles. The van der Waals surface area contributed by atoms with E-state index < -0.39 is 0 Å². The Hall–Kier alpha value is -0.380. The molecule has 1 aromatic rings. The highest BCUT2D eigenvalue weighted by Gasteiger charge is 2.06. The molecule has 13 heavy (non-hydrogen) atoms. The zero-order valence-corrected chi connectivity index (χ0v) is 10.1. The predicted octanol–water partition coefficient (Wildman–Crippen LogP) is 3.45. The second-order valence-corrected chi connectivity index (χ2v) is 4.35. The number of hydrogen-bond donors (Lipinski definition) is 0. The predicted molar refractivity (Wildman–Crippen MR) is 63.2 cm³/mol. The molecule has 0 N–H and O–H groups in total. The molecule has 0 aliphatic carbocycles. The van der Waals surface area contributed by atoms with Crippen LogP contribution in [0.4, 0.5) is 0 Å². The molecule has 0 saturated heterocycles. The number of rotatable bonds is 3. The number of carbonyl (C=O) groups is 1. The molecule has 1 rings (SSSR count). The van der Waals surface area contributed by atoms with E-state index >= 15 is 0 Å². The smallest absolute Gasteiger partial charge is 0.160 e. The highest BCUT2D eigenvalue weighted by atomic mass is 127. The van der Waals surface area contributed by atoms with E-state index in [4.69, 9.17) is 0 Å². The van der Waals surface area contributed by atoms with Crippen molar-refractivity contribution in [2.45, 2.75) is 26.7 Å². The second-order valence-electron chi connectivity index (χ2n) is 3.11. The zero-order chi connectivity index (χ0) is 9.84. The maximum absolute atomic E-state index is 11.2. The highest BCUT2D eigenvalue weighted by Crippen LogP contribution is 2.16. The van der Waals surface area contributed by atoms with Gasteiger partial charge >= 0.3 is 0 Å². The Labute approximate surface area is 92.7 Å². The van der Waals surface area contributed by atoms with Gasteiger partial charge in [-0.25, -0.2) is 0 Å². The lowest BCUT2D eigenvalue weighted by Crippen LogP contribution is -1.99. The highest BCUT2D eigenvalue weighted by molar-refractivity contribution is 14.1. The van der Waals surface area contributed by atoms with Gasteiger partial charge in [-0.3, -0.25) is 4.79 Å². The molecule has 0 aliphatic rings. The summed E-state index contributed by atoms with van der Waals surface area (Å²) in [6.07, 6.45) is 2.08. The maximum atomic E-state index is 11.2. The van der Waals surface area contributed by atoms with E-state index in [1.807, 2.05) is 12.1 Å². The lowest BCUT2D eigenvalue weighted by Gasteiger charge is -2.05. The second kappa shape index (κ2) is 4.74. The lowest BCUT2D eigenvalue weighted by molar-refractivity contribution is 0.101. The average molecular weight is 288 g/mol. The van der Waals surface area contributed by atoms with E-state index in [0.29, 0.717) is 0 Å². The summed E-state index contributed by atoms with van der Waals surface area (Å²) < 4.78 is 1.20. The molecule has 0 atom stereocenters.